The van der Waals surface area contributed by atoms with E-state index in [1.807, 2.05) is 5.38 Å². The van der Waals surface area contributed by atoms with Gasteiger partial charge >= 0.3 is 0 Å². The van der Waals surface area contributed by atoms with Crippen LogP contribution in [0.1, 0.15) is 31.5 Å². The second kappa shape index (κ2) is 5.69. The van der Waals surface area contributed by atoms with E-state index in [4.69, 9.17) is 16.3 Å². The highest BCUT2D eigenvalue weighted by Crippen LogP contribution is 2.15. The van der Waals surface area contributed by atoms with Gasteiger partial charge in [-0.1, -0.05) is 13.8 Å². The lowest BCUT2D eigenvalue weighted by atomic mass is 10.1. The number of alkyl halides is 1. The molecule has 1 unspecified atom stereocenters. The standard InChI is InChI=1S/C10H16ClNOS/c1-7(2)8(3)13-5-10-12-9(4-11)6-14-10/h6-8H,4-5H2,1-3H3. The highest BCUT2D eigenvalue weighted by atomic mass is 35.5. The quantitative estimate of drug-likeness (QED) is 0.727. The van der Waals surface area contributed by atoms with Crippen LogP contribution in [0, 0.1) is 5.92 Å². The van der Waals surface area contributed by atoms with Gasteiger partial charge in [0, 0.05) is 5.38 Å². The topological polar surface area (TPSA) is 22.1 Å². The third-order valence-corrected chi connectivity index (χ3v) is 3.29. The minimum atomic E-state index is 0.276. The van der Waals surface area contributed by atoms with Gasteiger partial charge in [-0.15, -0.1) is 22.9 Å². The highest BCUT2D eigenvalue weighted by Gasteiger charge is 2.08. The van der Waals surface area contributed by atoms with Crippen molar-refractivity contribution in [3.63, 3.8) is 0 Å². The van der Waals surface area contributed by atoms with E-state index in [2.05, 4.69) is 25.8 Å². The number of hydrogen-bond acceptors (Lipinski definition) is 3. The Morgan fingerprint density at radius 2 is 2.21 bits per heavy atom. The Morgan fingerprint density at radius 3 is 2.71 bits per heavy atom. The van der Waals surface area contributed by atoms with Crippen LogP contribution in [0.5, 0.6) is 0 Å². The maximum absolute atomic E-state index is 5.66. The first-order chi connectivity index (χ1) is 6.63. The Labute approximate surface area is 94.3 Å². The van der Waals surface area contributed by atoms with E-state index in [1.54, 1.807) is 11.3 Å². The van der Waals surface area contributed by atoms with Crippen LogP contribution in [0.25, 0.3) is 0 Å². The fourth-order valence-corrected chi connectivity index (χ4v) is 1.81. The summed E-state index contributed by atoms with van der Waals surface area (Å²) in [5, 5.41) is 2.99. The van der Waals surface area contributed by atoms with E-state index in [1.165, 1.54) is 0 Å². The van der Waals surface area contributed by atoms with Crippen LogP contribution in [0.4, 0.5) is 0 Å². The SMILES string of the molecule is CC(C)C(C)OCc1nc(CCl)cs1. The molecule has 2 nitrogen and oxygen atoms in total. The summed E-state index contributed by atoms with van der Waals surface area (Å²) in [5.41, 5.74) is 0.937. The Kier molecular flexibility index (Phi) is 4.85. The summed E-state index contributed by atoms with van der Waals surface area (Å²) < 4.78 is 5.65. The predicted molar refractivity (Wildman–Crippen MR) is 60.8 cm³/mol. The Balaban J connectivity index is 2.37. The van der Waals surface area contributed by atoms with Crippen molar-refractivity contribution in [3.8, 4) is 0 Å². The average molecular weight is 234 g/mol. The first-order valence-corrected chi connectivity index (χ1v) is 6.15. The molecule has 1 rings (SSSR count). The molecule has 0 saturated carbocycles. The van der Waals surface area contributed by atoms with Crippen LogP contribution in [-0.2, 0) is 17.2 Å². The number of hydrogen-bond donors (Lipinski definition) is 0. The lowest BCUT2D eigenvalue weighted by Crippen LogP contribution is -2.14. The van der Waals surface area contributed by atoms with E-state index in [9.17, 15) is 0 Å². The molecule has 0 bridgehead atoms. The third-order valence-electron chi connectivity index (χ3n) is 2.14. The second-order valence-electron chi connectivity index (χ2n) is 3.63. The van der Waals surface area contributed by atoms with Crippen molar-refractivity contribution in [2.75, 3.05) is 0 Å². The van der Waals surface area contributed by atoms with Crippen LogP contribution >= 0.6 is 22.9 Å². The molecule has 0 fully saturated rings. The summed E-state index contributed by atoms with van der Waals surface area (Å²) in [6.07, 6.45) is 0.276. The molecule has 1 aromatic rings. The van der Waals surface area contributed by atoms with Crippen LogP contribution in [-0.4, -0.2) is 11.1 Å². The van der Waals surface area contributed by atoms with Crippen molar-refractivity contribution in [3.05, 3.63) is 16.1 Å². The molecule has 0 radical (unpaired) electrons. The molecule has 0 amide bonds. The zero-order valence-corrected chi connectivity index (χ0v) is 10.4. The molecule has 1 aromatic heterocycles. The van der Waals surface area contributed by atoms with Crippen molar-refractivity contribution >= 4 is 22.9 Å². The first kappa shape index (κ1) is 12.0. The monoisotopic (exact) mass is 233 g/mol. The molecule has 80 valence electrons. The molecule has 1 atom stereocenters. The molecule has 14 heavy (non-hydrogen) atoms. The fraction of sp³-hybridized carbons (Fsp3) is 0.700. The van der Waals surface area contributed by atoms with Crippen LogP contribution in [0.2, 0.25) is 0 Å². The summed E-state index contributed by atoms with van der Waals surface area (Å²) in [6, 6.07) is 0. The molecule has 4 heteroatoms. The van der Waals surface area contributed by atoms with Gasteiger partial charge < -0.3 is 4.74 Å². The van der Waals surface area contributed by atoms with Crippen molar-refractivity contribution in [2.45, 2.75) is 39.4 Å². The van der Waals surface area contributed by atoms with Gasteiger partial charge in [0.2, 0.25) is 0 Å². The van der Waals surface area contributed by atoms with Gasteiger partial charge in [0.1, 0.15) is 5.01 Å². The Morgan fingerprint density at radius 1 is 1.50 bits per heavy atom. The summed E-state index contributed by atoms with van der Waals surface area (Å²) in [6.45, 7) is 6.98. The maximum Gasteiger partial charge on any atom is 0.119 e. The van der Waals surface area contributed by atoms with Gasteiger partial charge in [0.25, 0.3) is 0 Å². The molecule has 0 saturated heterocycles. The molecular weight excluding hydrogens is 218 g/mol. The van der Waals surface area contributed by atoms with Gasteiger partial charge in [-0.2, -0.15) is 0 Å². The van der Waals surface area contributed by atoms with Gasteiger partial charge in [-0.05, 0) is 12.8 Å². The zero-order valence-electron chi connectivity index (χ0n) is 8.79. The number of aromatic nitrogens is 1. The number of thiazole rings is 1. The minimum Gasteiger partial charge on any atom is -0.371 e. The minimum absolute atomic E-state index is 0.276. The number of ether oxygens (including phenoxy) is 1. The molecule has 0 N–H and O–H groups in total. The lowest BCUT2D eigenvalue weighted by molar-refractivity contribution is 0.0234. The third kappa shape index (κ3) is 3.56. The lowest BCUT2D eigenvalue weighted by Gasteiger charge is -2.15. The first-order valence-electron chi connectivity index (χ1n) is 4.74. The molecule has 0 aliphatic heterocycles. The fourth-order valence-electron chi connectivity index (χ4n) is 0.872. The second-order valence-corrected chi connectivity index (χ2v) is 4.84. The van der Waals surface area contributed by atoms with E-state index < -0.39 is 0 Å². The van der Waals surface area contributed by atoms with Crippen LogP contribution in [0.3, 0.4) is 0 Å². The van der Waals surface area contributed by atoms with Crippen molar-refractivity contribution in [1.29, 1.82) is 0 Å². The summed E-state index contributed by atoms with van der Waals surface area (Å²) in [7, 11) is 0. The molecule has 0 aromatic carbocycles. The van der Waals surface area contributed by atoms with Crippen LogP contribution in [0.15, 0.2) is 5.38 Å². The summed E-state index contributed by atoms with van der Waals surface area (Å²) in [4.78, 5) is 4.32. The molecule has 1 heterocycles. The number of halogens is 1. The highest BCUT2D eigenvalue weighted by molar-refractivity contribution is 7.09. The van der Waals surface area contributed by atoms with E-state index in [0.717, 1.165) is 10.7 Å². The summed E-state index contributed by atoms with van der Waals surface area (Å²) in [5.74, 6) is 1.03. The molecular formula is C10H16ClNOS. The molecule has 0 aliphatic rings. The zero-order chi connectivity index (χ0) is 10.6. The summed E-state index contributed by atoms with van der Waals surface area (Å²) >= 11 is 7.26. The van der Waals surface area contributed by atoms with Gasteiger partial charge in [0.05, 0.1) is 24.3 Å². The number of nitrogens with zero attached hydrogens (tertiary/aromatic N) is 1. The van der Waals surface area contributed by atoms with Gasteiger partial charge in [-0.25, -0.2) is 4.98 Å². The van der Waals surface area contributed by atoms with Crippen molar-refractivity contribution in [2.24, 2.45) is 5.92 Å². The van der Waals surface area contributed by atoms with E-state index >= 15 is 0 Å². The largest absolute Gasteiger partial charge is 0.371 e. The molecule has 0 aliphatic carbocycles. The Bertz CT molecular complexity index is 275. The average Bonchev–Trinajstić information content (AvgIpc) is 2.61. The van der Waals surface area contributed by atoms with E-state index in [-0.39, 0.29) is 6.10 Å². The normalized spacial score (nSPS) is 13.5. The van der Waals surface area contributed by atoms with Crippen molar-refractivity contribution in [1.82, 2.24) is 4.98 Å². The van der Waals surface area contributed by atoms with Crippen LogP contribution < -0.4 is 0 Å². The predicted octanol–water partition coefficient (Wildman–Crippen LogP) is 3.44. The van der Waals surface area contributed by atoms with Gasteiger partial charge in [-0.3, -0.25) is 0 Å². The molecule has 0 spiro atoms. The smallest absolute Gasteiger partial charge is 0.119 e. The van der Waals surface area contributed by atoms with Crippen molar-refractivity contribution < 1.29 is 4.74 Å². The maximum atomic E-state index is 5.66. The number of rotatable bonds is 5. The van der Waals surface area contributed by atoms with Gasteiger partial charge in [0.15, 0.2) is 0 Å². The van der Waals surface area contributed by atoms with E-state index in [0.29, 0.717) is 18.4 Å². The Hall–Kier alpha value is -0.120.